The second-order valence-electron chi connectivity index (χ2n) is 4.50. The summed E-state index contributed by atoms with van der Waals surface area (Å²) < 4.78 is 5.15. The summed E-state index contributed by atoms with van der Waals surface area (Å²) in [6.07, 6.45) is 0. The Kier molecular flexibility index (Phi) is 3.95. The molecule has 5 heteroatoms. The third-order valence-corrected chi connectivity index (χ3v) is 4.22. The zero-order valence-electron chi connectivity index (χ0n) is 11.7. The zero-order chi connectivity index (χ0) is 14.0. The van der Waals surface area contributed by atoms with Gasteiger partial charge in [-0.3, -0.25) is 0 Å². The molecule has 0 spiro atoms. The molecule has 2 aromatic rings. The number of nitrogens with one attached hydrogen (secondary N) is 1. The second kappa shape index (κ2) is 5.48. The maximum absolute atomic E-state index is 6.01. The molecule has 3 N–H and O–H groups in total. The lowest BCUT2D eigenvalue weighted by atomic mass is 10.2. The molecule has 0 aliphatic heterocycles. The lowest BCUT2D eigenvalue weighted by molar-refractivity contribution is 0.415. The van der Waals surface area contributed by atoms with E-state index in [-0.39, 0.29) is 6.04 Å². The fourth-order valence-electron chi connectivity index (χ4n) is 2.05. The maximum Gasteiger partial charge on any atom is 0.121 e. The molecule has 4 nitrogen and oxygen atoms in total. The zero-order valence-corrected chi connectivity index (χ0v) is 12.5. The fraction of sp³-hybridized carbons (Fsp3) is 0.357. The van der Waals surface area contributed by atoms with Crippen molar-refractivity contribution in [2.75, 3.05) is 18.2 Å². The summed E-state index contributed by atoms with van der Waals surface area (Å²) in [5.74, 6) is 0.764. The van der Waals surface area contributed by atoms with E-state index < -0.39 is 0 Å². The van der Waals surface area contributed by atoms with Gasteiger partial charge in [0.25, 0.3) is 0 Å². The van der Waals surface area contributed by atoms with Crippen LogP contribution in [0.2, 0.25) is 0 Å². The van der Waals surface area contributed by atoms with Crippen molar-refractivity contribution in [1.82, 2.24) is 4.98 Å². The molecule has 0 bridgehead atoms. The van der Waals surface area contributed by atoms with Crippen LogP contribution in [0.1, 0.15) is 28.5 Å². The number of hydrogen-bond donors (Lipinski definition) is 2. The van der Waals surface area contributed by atoms with E-state index in [1.54, 1.807) is 18.4 Å². The Balaban J connectivity index is 2.19. The largest absolute Gasteiger partial charge is 0.497 e. The molecule has 0 radical (unpaired) electrons. The Hall–Kier alpha value is -1.75. The van der Waals surface area contributed by atoms with Crippen LogP contribution < -0.4 is 15.8 Å². The van der Waals surface area contributed by atoms with E-state index in [0.717, 1.165) is 22.1 Å². The quantitative estimate of drug-likeness (QED) is 0.839. The minimum absolute atomic E-state index is 0.182. The molecule has 1 aromatic heterocycles. The summed E-state index contributed by atoms with van der Waals surface area (Å²) in [5.41, 5.74) is 8.69. The predicted molar refractivity (Wildman–Crippen MR) is 81.0 cm³/mol. The number of nitrogen functional groups attached to an aromatic ring is 1. The van der Waals surface area contributed by atoms with Crippen LogP contribution in [-0.2, 0) is 0 Å². The average Bonchev–Trinajstić information content (AvgIpc) is 2.71. The standard InChI is InChI=1S/C14H19N3OS/c1-8-14(19-10(3)16-8)9(2)17-13-6-5-11(18-4)7-12(13)15/h5-7,9,17H,15H2,1-4H3. The molecule has 0 aliphatic carbocycles. The number of benzene rings is 1. The maximum atomic E-state index is 6.01. The van der Waals surface area contributed by atoms with Gasteiger partial charge in [0.05, 0.1) is 35.2 Å². The van der Waals surface area contributed by atoms with E-state index in [9.17, 15) is 0 Å². The number of hydrogen-bond acceptors (Lipinski definition) is 5. The Labute approximate surface area is 117 Å². The van der Waals surface area contributed by atoms with Gasteiger partial charge >= 0.3 is 0 Å². The first-order valence-corrected chi connectivity index (χ1v) is 6.97. The predicted octanol–water partition coefficient (Wildman–Crippen LogP) is 3.52. The van der Waals surface area contributed by atoms with Crippen LogP contribution in [0.15, 0.2) is 18.2 Å². The van der Waals surface area contributed by atoms with Gasteiger partial charge in [-0.25, -0.2) is 4.98 Å². The molecule has 1 aromatic carbocycles. The van der Waals surface area contributed by atoms with Crippen molar-refractivity contribution >= 4 is 22.7 Å². The number of nitrogens with two attached hydrogens (primary N) is 1. The highest BCUT2D eigenvalue weighted by Gasteiger charge is 2.13. The first-order chi connectivity index (χ1) is 9.01. The van der Waals surface area contributed by atoms with Crippen LogP contribution in [0.3, 0.4) is 0 Å². The van der Waals surface area contributed by atoms with E-state index in [2.05, 4.69) is 17.2 Å². The molecule has 1 unspecified atom stereocenters. The highest BCUT2D eigenvalue weighted by molar-refractivity contribution is 7.11. The Bertz CT molecular complexity index is 580. The van der Waals surface area contributed by atoms with Gasteiger partial charge < -0.3 is 15.8 Å². The number of nitrogens with zero attached hydrogens (tertiary/aromatic N) is 1. The Morgan fingerprint density at radius 1 is 1.37 bits per heavy atom. The number of rotatable bonds is 4. The van der Waals surface area contributed by atoms with Crippen molar-refractivity contribution in [3.05, 3.63) is 33.8 Å². The summed E-state index contributed by atoms with van der Waals surface area (Å²) in [6.45, 7) is 6.17. The van der Waals surface area contributed by atoms with Crippen LogP contribution in [0, 0.1) is 13.8 Å². The number of aromatic nitrogens is 1. The fourth-order valence-corrected chi connectivity index (χ4v) is 2.98. The molecular weight excluding hydrogens is 258 g/mol. The van der Waals surface area contributed by atoms with Crippen molar-refractivity contribution in [2.24, 2.45) is 0 Å². The average molecular weight is 277 g/mol. The SMILES string of the molecule is COc1ccc(NC(C)c2sc(C)nc2C)c(N)c1. The van der Waals surface area contributed by atoms with Gasteiger partial charge in [0.2, 0.25) is 0 Å². The smallest absolute Gasteiger partial charge is 0.121 e. The van der Waals surface area contributed by atoms with Crippen molar-refractivity contribution in [2.45, 2.75) is 26.8 Å². The van der Waals surface area contributed by atoms with Crippen LogP contribution in [0.5, 0.6) is 5.75 Å². The van der Waals surface area contributed by atoms with Crippen molar-refractivity contribution < 1.29 is 4.74 Å². The monoisotopic (exact) mass is 277 g/mol. The van der Waals surface area contributed by atoms with Gasteiger partial charge in [0.15, 0.2) is 0 Å². The van der Waals surface area contributed by atoms with Gasteiger partial charge in [0, 0.05) is 10.9 Å². The van der Waals surface area contributed by atoms with Crippen LogP contribution in [0.4, 0.5) is 11.4 Å². The molecule has 0 aliphatic rings. The summed E-state index contributed by atoms with van der Waals surface area (Å²) in [5, 5.41) is 4.51. The van der Waals surface area contributed by atoms with Crippen LogP contribution in [-0.4, -0.2) is 12.1 Å². The Morgan fingerprint density at radius 3 is 2.63 bits per heavy atom. The minimum Gasteiger partial charge on any atom is -0.497 e. The van der Waals surface area contributed by atoms with Crippen molar-refractivity contribution in [3.63, 3.8) is 0 Å². The van der Waals surface area contributed by atoms with E-state index >= 15 is 0 Å². The second-order valence-corrected chi connectivity index (χ2v) is 5.74. The molecule has 0 saturated carbocycles. The van der Waals surface area contributed by atoms with Gasteiger partial charge in [-0.05, 0) is 32.9 Å². The van der Waals surface area contributed by atoms with Gasteiger partial charge in [0.1, 0.15) is 5.75 Å². The number of thiazole rings is 1. The van der Waals surface area contributed by atoms with E-state index in [0.29, 0.717) is 5.69 Å². The summed E-state index contributed by atoms with van der Waals surface area (Å²) in [6, 6.07) is 5.84. The lowest BCUT2D eigenvalue weighted by Crippen LogP contribution is -2.08. The first-order valence-electron chi connectivity index (χ1n) is 6.15. The van der Waals surface area contributed by atoms with E-state index in [4.69, 9.17) is 10.5 Å². The van der Waals surface area contributed by atoms with Gasteiger partial charge in [-0.15, -0.1) is 11.3 Å². The van der Waals surface area contributed by atoms with Crippen molar-refractivity contribution in [1.29, 1.82) is 0 Å². The van der Waals surface area contributed by atoms with Crippen LogP contribution >= 0.6 is 11.3 Å². The summed E-state index contributed by atoms with van der Waals surface area (Å²) >= 11 is 1.72. The number of anilines is 2. The van der Waals surface area contributed by atoms with Crippen molar-refractivity contribution in [3.8, 4) is 5.75 Å². The van der Waals surface area contributed by atoms with E-state index in [1.165, 1.54) is 4.88 Å². The number of ether oxygens (including phenoxy) is 1. The normalized spacial score (nSPS) is 12.2. The molecule has 19 heavy (non-hydrogen) atoms. The molecular formula is C14H19N3OS. The highest BCUT2D eigenvalue weighted by atomic mass is 32.1. The van der Waals surface area contributed by atoms with Gasteiger partial charge in [-0.1, -0.05) is 0 Å². The third kappa shape index (κ3) is 2.98. The lowest BCUT2D eigenvalue weighted by Gasteiger charge is -2.16. The summed E-state index contributed by atoms with van der Waals surface area (Å²) in [7, 11) is 1.63. The molecule has 0 fully saturated rings. The molecule has 1 heterocycles. The first kappa shape index (κ1) is 13.7. The summed E-state index contributed by atoms with van der Waals surface area (Å²) in [4.78, 5) is 5.69. The molecule has 0 amide bonds. The van der Waals surface area contributed by atoms with Gasteiger partial charge in [-0.2, -0.15) is 0 Å². The molecule has 0 saturated heterocycles. The minimum atomic E-state index is 0.182. The highest BCUT2D eigenvalue weighted by Crippen LogP contribution is 2.31. The van der Waals surface area contributed by atoms with Crippen LogP contribution in [0.25, 0.3) is 0 Å². The number of aryl methyl sites for hydroxylation is 2. The Morgan fingerprint density at radius 2 is 2.11 bits per heavy atom. The molecule has 102 valence electrons. The number of methoxy groups -OCH3 is 1. The van der Waals surface area contributed by atoms with E-state index in [1.807, 2.05) is 32.0 Å². The third-order valence-electron chi connectivity index (χ3n) is 2.96. The topological polar surface area (TPSA) is 60.2 Å². The molecule has 2 rings (SSSR count). The molecule has 1 atom stereocenters.